The van der Waals surface area contributed by atoms with Crippen LogP contribution in [-0.2, 0) is 31.0 Å². The van der Waals surface area contributed by atoms with E-state index in [4.69, 9.17) is 29.0 Å². The number of carbonyl (C=O) groups excluding carboxylic acids is 2. The van der Waals surface area contributed by atoms with E-state index in [-0.39, 0.29) is 24.6 Å². The summed E-state index contributed by atoms with van der Waals surface area (Å²) < 4.78 is 23.3. The average Bonchev–Trinajstić information content (AvgIpc) is 3.13. The fourth-order valence-electron chi connectivity index (χ4n) is 4.33. The Labute approximate surface area is 183 Å². The number of aromatic nitrogens is 3. The molecule has 1 saturated carbocycles. The lowest BCUT2D eigenvalue weighted by atomic mass is 10.0. The molecule has 0 spiro atoms. The smallest absolute Gasteiger partial charge is 0.338 e. The molecule has 0 bridgehead atoms. The average molecular weight is 435 g/mol. The van der Waals surface area contributed by atoms with Gasteiger partial charge < -0.3 is 18.9 Å². The molecule has 3 aromatic rings. The topological polar surface area (TPSA) is 101 Å². The summed E-state index contributed by atoms with van der Waals surface area (Å²) in [5.74, 6) is 0.390. The third kappa shape index (κ3) is 2.88. The molecular formula is C23H21N3O6. The van der Waals surface area contributed by atoms with Crippen molar-refractivity contribution in [2.45, 2.75) is 37.4 Å². The first-order valence-electron chi connectivity index (χ1n) is 10.6. The van der Waals surface area contributed by atoms with Crippen molar-refractivity contribution in [1.29, 1.82) is 0 Å². The molecule has 4 heterocycles. The first-order valence-corrected chi connectivity index (χ1v) is 10.6. The molecule has 1 aromatic carbocycles. The van der Waals surface area contributed by atoms with Crippen LogP contribution in [0.4, 0.5) is 0 Å². The first-order chi connectivity index (χ1) is 15.6. The van der Waals surface area contributed by atoms with Gasteiger partial charge >= 0.3 is 11.9 Å². The summed E-state index contributed by atoms with van der Waals surface area (Å²) in [6, 6.07) is 9.25. The number of esters is 2. The molecule has 2 fully saturated rings. The van der Waals surface area contributed by atoms with Crippen LogP contribution in [0.15, 0.2) is 30.3 Å². The molecule has 2 aliphatic heterocycles. The molecule has 1 aliphatic carbocycles. The zero-order valence-electron chi connectivity index (χ0n) is 17.5. The van der Waals surface area contributed by atoms with Crippen LogP contribution in [0, 0.1) is 0 Å². The normalized spacial score (nSPS) is 20.8. The number of fused-ring (bicyclic) bond motifs is 2. The summed E-state index contributed by atoms with van der Waals surface area (Å²) in [4.78, 5) is 29.5. The summed E-state index contributed by atoms with van der Waals surface area (Å²) in [6.45, 7) is 1.29. The summed E-state index contributed by atoms with van der Waals surface area (Å²) >= 11 is 0. The van der Waals surface area contributed by atoms with Crippen LogP contribution in [-0.4, -0.2) is 53.0 Å². The Morgan fingerprint density at radius 2 is 2.12 bits per heavy atom. The quantitative estimate of drug-likeness (QED) is 0.564. The molecular weight excluding hydrogens is 414 g/mol. The van der Waals surface area contributed by atoms with Crippen molar-refractivity contribution in [2.24, 2.45) is 0 Å². The molecule has 3 aliphatic rings. The number of hydrogen-bond donors (Lipinski definition) is 0. The van der Waals surface area contributed by atoms with Gasteiger partial charge in [-0.2, -0.15) is 0 Å². The predicted molar refractivity (Wildman–Crippen MR) is 110 cm³/mol. The molecule has 0 unspecified atom stereocenters. The highest BCUT2D eigenvalue weighted by Gasteiger charge is 2.57. The minimum atomic E-state index is -0.824. The lowest BCUT2D eigenvalue weighted by Crippen LogP contribution is -2.29. The van der Waals surface area contributed by atoms with E-state index in [2.05, 4.69) is 0 Å². The minimum absolute atomic E-state index is 0.210. The van der Waals surface area contributed by atoms with Gasteiger partial charge in [-0.05, 0) is 37.1 Å². The molecule has 1 saturated heterocycles. The van der Waals surface area contributed by atoms with E-state index in [1.165, 1.54) is 0 Å². The van der Waals surface area contributed by atoms with Gasteiger partial charge in [0.2, 0.25) is 0 Å². The Hall–Kier alpha value is -3.46. The largest absolute Gasteiger partial charge is 0.493 e. The van der Waals surface area contributed by atoms with Gasteiger partial charge in [-0.15, -0.1) is 5.10 Å². The molecule has 0 amide bonds. The number of cyclic esters (lactones) is 1. The summed E-state index contributed by atoms with van der Waals surface area (Å²) in [6.07, 6.45) is 1.79. The standard InChI is InChI=1S/C23H21N3O6/c1-29-18-5-4-17(13-2-3-16-14(10-13)11-31-20(16)27)26-19(18)24-21(25-26)23(7-8-23)22(28)32-15-6-9-30-12-15/h2-5,10,15H,6-9,11-12H2,1H3/t15-/m0/s1. The number of hydrogen-bond acceptors (Lipinski definition) is 8. The van der Waals surface area contributed by atoms with Crippen molar-refractivity contribution in [2.75, 3.05) is 20.3 Å². The molecule has 9 nitrogen and oxygen atoms in total. The fourth-order valence-corrected chi connectivity index (χ4v) is 4.33. The molecule has 32 heavy (non-hydrogen) atoms. The molecule has 9 heteroatoms. The zero-order valence-corrected chi connectivity index (χ0v) is 17.5. The van der Waals surface area contributed by atoms with Crippen LogP contribution in [0.2, 0.25) is 0 Å². The summed E-state index contributed by atoms with van der Waals surface area (Å²) in [5, 5.41) is 4.73. The van der Waals surface area contributed by atoms with Crippen molar-refractivity contribution in [3.63, 3.8) is 0 Å². The van der Waals surface area contributed by atoms with E-state index in [9.17, 15) is 9.59 Å². The van der Waals surface area contributed by atoms with Gasteiger partial charge in [0.25, 0.3) is 0 Å². The lowest BCUT2D eigenvalue weighted by molar-refractivity contribution is -0.152. The monoisotopic (exact) mass is 435 g/mol. The third-order valence-corrected chi connectivity index (χ3v) is 6.38. The van der Waals surface area contributed by atoms with Crippen LogP contribution in [0.5, 0.6) is 5.75 Å². The van der Waals surface area contributed by atoms with Gasteiger partial charge in [0.1, 0.15) is 18.1 Å². The maximum atomic E-state index is 13.0. The van der Waals surface area contributed by atoms with Crippen molar-refractivity contribution >= 4 is 17.6 Å². The maximum Gasteiger partial charge on any atom is 0.338 e. The molecule has 164 valence electrons. The number of benzene rings is 1. The molecule has 6 rings (SSSR count). The Bertz CT molecular complexity index is 1260. The van der Waals surface area contributed by atoms with Crippen molar-refractivity contribution < 1.29 is 28.5 Å². The van der Waals surface area contributed by atoms with E-state index in [0.29, 0.717) is 55.3 Å². The van der Waals surface area contributed by atoms with Gasteiger partial charge in [-0.25, -0.2) is 14.3 Å². The predicted octanol–water partition coefficient (Wildman–Crippen LogP) is 2.44. The highest BCUT2D eigenvalue weighted by molar-refractivity contribution is 5.94. The van der Waals surface area contributed by atoms with Gasteiger partial charge in [0.15, 0.2) is 17.2 Å². The van der Waals surface area contributed by atoms with Gasteiger partial charge in [-0.1, -0.05) is 6.07 Å². The Kier molecular flexibility index (Phi) is 4.23. The van der Waals surface area contributed by atoms with Crippen molar-refractivity contribution in [3.05, 3.63) is 47.3 Å². The van der Waals surface area contributed by atoms with Gasteiger partial charge in [0, 0.05) is 17.5 Å². The Morgan fingerprint density at radius 1 is 1.25 bits per heavy atom. The second kappa shape index (κ2) is 7.03. The second-order valence-electron chi connectivity index (χ2n) is 8.38. The zero-order chi connectivity index (χ0) is 21.9. The number of pyridine rings is 1. The highest BCUT2D eigenvalue weighted by Crippen LogP contribution is 2.48. The van der Waals surface area contributed by atoms with E-state index >= 15 is 0 Å². The Morgan fingerprint density at radius 3 is 2.88 bits per heavy atom. The van der Waals surface area contributed by atoms with Crippen LogP contribution >= 0.6 is 0 Å². The number of nitrogens with zero attached hydrogens (tertiary/aromatic N) is 3. The molecule has 0 radical (unpaired) electrons. The van der Waals surface area contributed by atoms with Gasteiger partial charge in [-0.3, -0.25) is 4.79 Å². The van der Waals surface area contributed by atoms with Crippen LogP contribution < -0.4 is 4.74 Å². The Balaban J connectivity index is 1.42. The molecule has 2 aromatic heterocycles. The summed E-state index contributed by atoms with van der Waals surface area (Å²) in [7, 11) is 1.57. The van der Waals surface area contributed by atoms with E-state index in [1.807, 2.05) is 24.3 Å². The second-order valence-corrected chi connectivity index (χ2v) is 8.38. The fraction of sp³-hybridized carbons (Fsp3) is 0.391. The number of carbonyl (C=O) groups is 2. The minimum Gasteiger partial charge on any atom is -0.493 e. The van der Waals surface area contributed by atoms with Crippen LogP contribution in [0.3, 0.4) is 0 Å². The van der Waals surface area contributed by atoms with Gasteiger partial charge in [0.05, 0.1) is 31.6 Å². The third-order valence-electron chi connectivity index (χ3n) is 6.38. The number of ether oxygens (including phenoxy) is 4. The number of methoxy groups -OCH3 is 1. The van der Waals surface area contributed by atoms with E-state index in [0.717, 1.165) is 16.8 Å². The first kappa shape index (κ1) is 19.2. The lowest BCUT2D eigenvalue weighted by Gasteiger charge is -2.14. The van der Waals surface area contributed by atoms with Crippen LogP contribution in [0.1, 0.15) is 41.0 Å². The highest BCUT2D eigenvalue weighted by atomic mass is 16.6. The van der Waals surface area contributed by atoms with Crippen molar-refractivity contribution in [1.82, 2.24) is 14.6 Å². The van der Waals surface area contributed by atoms with Crippen molar-refractivity contribution in [3.8, 4) is 17.0 Å². The van der Waals surface area contributed by atoms with E-state index in [1.54, 1.807) is 17.7 Å². The molecule has 0 N–H and O–H groups in total. The maximum absolute atomic E-state index is 13.0. The number of rotatable bonds is 5. The SMILES string of the molecule is COc1ccc(-c2ccc3c(c2)COC3=O)n2nc(C3(C(=O)O[C@H]4CCOC4)CC3)nc12. The van der Waals surface area contributed by atoms with E-state index < -0.39 is 5.41 Å². The van der Waals surface area contributed by atoms with Crippen LogP contribution in [0.25, 0.3) is 16.9 Å². The summed E-state index contributed by atoms with van der Waals surface area (Å²) in [5.41, 5.74) is 2.74. The molecule has 1 atom stereocenters.